The van der Waals surface area contributed by atoms with E-state index in [2.05, 4.69) is 5.32 Å². The molecule has 0 spiro atoms. The molecule has 17 heteroatoms. The summed E-state index contributed by atoms with van der Waals surface area (Å²) in [6, 6.07) is 3.23. The molecule has 0 saturated carbocycles. The van der Waals surface area contributed by atoms with Crippen molar-refractivity contribution in [3.8, 4) is 5.75 Å². The van der Waals surface area contributed by atoms with E-state index in [1.165, 1.54) is 14.2 Å². The maximum absolute atomic E-state index is 14.7. The number of epoxide rings is 1. The molecular formula is C36H49ClN2O14. The van der Waals surface area contributed by atoms with Crippen molar-refractivity contribution in [1.82, 2.24) is 5.32 Å². The molecule has 0 aromatic heterocycles. The Balaban J connectivity index is 1.68. The first-order valence-electron chi connectivity index (χ1n) is 17.5. The maximum atomic E-state index is 14.7. The fourth-order valence-electron chi connectivity index (χ4n) is 7.31. The van der Waals surface area contributed by atoms with Crippen LogP contribution in [0.15, 0.2) is 35.9 Å². The number of fused-ring (bicyclic) bond motifs is 5. The van der Waals surface area contributed by atoms with E-state index in [9.17, 15) is 39.9 Å². The topological polar surface area (TPSA) is 226 Å². The number of carbonyl (C=O) groups excluding carboxylic acids is 3. The van der Waals surface area contributed by atoms with Gasteiger partial charge in [0.05, 0.1) is 31.9 Å². The van der Waals surface area contributed by atoms with Gasteiger partial charge in [-0.1, -0.05) is 49.2 Å². The number of anilines is 1. The first kappa shape index (κ1) is 40.9. The predicted octanol–water partition coefficient (Wildman–Crippen LogP) is 1.25. The molecule has 0 radical (unpaired) electrons. The first-order chi connectivity index (χ1) is 25.0. The zero-order valence-corrected chi connectivity index (χ0v) is 31.2. The van der Waals surface area contributed by atoms with Crippen LogP contribution in [0.4, 0.5) is 10.5 Å². The Kier molecular flexibility index (Phi) is 12.5. The summed E-state index contributed by atoms with van der Waals surface area (Å²) in [6.07, 6.45) is -8.72. The lowest BCUT2D eigenvalue weighted by Crippen LogP contribution is -2.64. The van der Waals surface area contributed by atoms with Crippen LogP contribution >= 0.6 is 11.6 Å². The van der Waals surface area contributed by atoms with Crippen molar-refractivity contribution in [3.63, 3.8) is 0 Å². The monoisotopic (exact) mass is 768 g/mol. The number of esters is 1. The summed E-state index contributed by atoms with van der Waals surface area (Å²) in [5, 5.41) is 56.7. The summed E-state index contributed by atoms with van der Waals surface area (Å²) < 4.78 is 34.7. The minimum atomic E-state index is -1.89. The largest absolute Gasteiger partial charge is 0.495 e. The standard InChI is InChI=1S/C36H49ClN2O14/c1-7-27(42)52-25-14-26(41)39(33-31(45)30(44)29(43)23(16-40)50-33)20-12-19(13-21(48-5)28(20)37)11-17(2)9-8-10-24(49-6)36(47)15-22(51-34(46)38-36)18(3)32-35(25,4)53-32/h8-10,12-13,18,22-25,29-33,40,43-45,47H,7,11,14-16H2,1-6H3,(H,38,46)/b10-8?,17-9-/t18-,22+,23-,24-,25?,29-,30+,31-,32+,33-,35+,36+/m1/s1. The number of hydrogen-bond acceptors (Lipinski definition) is 14. The van der Waals surface area contributed by atoms with Gasteiger partial charge in [0.1, 0.15) is 59.1 Å². The third-order valence-electron chi connectivity index (χ3n) is 10.4. The molecule has 2 amide bonds. The Morgan fingerprint density at radius 3 is 2.51 bits per heavy atom. The highest BCUT2D eigenvalue weighted by Crippen LogP contribution is 2.49. The number of methoxy groups -OCH3 is 2. The third-order valence-corrected chi connectivity index (χ3v) is 10.8. The van der Waals surface area contributed by atoms with Crippen molar-refractivity contribution >= 4 is 35.3 Å². The number of halogens is 1. The minimum absolute atomic E-state index is 0.00240. The van der Waals surface area contributed by atoms with Crippen LogP contribution in [-0.4, -0.2) is 131 Å². The van der Waals surface area contributed by atoms with Crippen LogP contribution in [0.25, 0.3) is 0 Å². The van der Waals surface area contributed by atoms with Crippen molar-refractivity contribution in [2.45, 2.75) is 120 Å². The van der Waals surface area contributed by atoms with E-state index in [0.29, 0.717) is 5.56 Å². The number of carbonyl (C=O) groups is 3. The molecule has 0 aliphatic carbocycles. The number of nitrogens with one attached hydrogen (secondary N) is 1. The molecular weight excluding hydrogens is 720 g/mol. The van der Waals surface area contributed by atoms with E-state index in [1.807, 2.05) is 6.92 Å². The normalized spacial score (nSPS) is 38.9. The SMILES string of the molecule is CCC(=O)OC1CC(=O)N([C@@H]2O[C@H](CO)[C@@H](O)[C@H](O)[C@H]2O)c2cc(cc(OC)c2Cl)C/C(C)=C\C=C[C@@H](OC)[C@@]2(O)C[C@H](OC(=O)N2)[C@@H](C)[C@@H]2O[C@@]12C. The minimum Gasteiger partial charge on any atom is -0.495 e. The highest BCUT2D eigenvalue weighted by Gasteiger charge is 2.64. The number of rotatable bonds is 6. The lowest BCUT2D eigenvalue weighted by Gasteiger charge is -2.45. The Hall–Kier alpha value is -3.32. The maximum Gasteiger partial charge on any atom is 0.409 e. The molecule has 4 aliphatic rings. The summed E-state index contributed by atoms with van der Waals surface area (Å²) in [5.41, 5.74) is -1.81. The average Bonchev–Trinajstić information content (AvgIpc) is 3.81. The molecule has 1 aromatic rings. The number of amides is 2. The van der Waals surface area contributed by atoms with Crippen molar-refractivity contribution < 1.29 is 68.3 Å². The van der Waals surface area contributed by atoms with Gasteiger partial charge in [-0.2, -0.15) is 0 Å². The van der Waals surface area contributed by atoms with Gasteiger partial charge in [0.2, 0.25) is 5.91 Å². The van der Waals surface area contributed by atoms with Gasteiger partial charge in [-0.3, -0.25) is 19.8 Å². The molecule has 4 bridgehead atoms. The summed E-state index contributed by atoms with van der Waals surface area (Å²) in [5.74, 6) is -1.89. The second-order valence-corrected chi connectivity index (χ2v) is 14.5. The van der Waals surface area contributed by atoms with E-state index in [-0.39, 0.29) is 35.7 Å². The lowest BCUT2D eigenvalue weighted by molar-refractivity contribution is -0.228. The number of aliphatic hydroxyl groups is 5. The van der Waals surface area contributed by atoms with Gasteiger partial charge < -0.3 is 54.0 Å². The average molecular weight is 769 g/mol. The van der Waals surface area contributed by atoms with Crippen LogP contribution in [0.3, 0.4) is 0 Å². The molecule has 4 aliphatic heterocycles. The van der Waals surface area contributed by atoms with Crippen molar-refractivity contribution in [2.75, 3.05) is 25.7 Å². The van der Waals surface area contributed by atoms with E-state index in [0.717, 1.165) is 10.5 Å². The molecule has 16 nitrogen and oxygen atoms in total. The van der Waals surface area contributed by atoms with Crippen molar-refractivity contribution in [2.24, 2.45) is 5.92 Å². The van der Waals surface area contributed by atoms with Gasteiger partial charge in [-0.25, -0.2) is 4.79 Å². The molecule has 3 fully saturated rings. The van der Waals surface area contributed by atoms with Crippen molar-refractivity contribution in [3.05, 3.63) is 46.5 Å². The van der Waals surface area contributed by atoms with Crippen LogP contribution in [0.1, 0.15) is 52.5 Å². The molecule has 4 heterocycles. The van der Waals surface area contributed by atoms with E-state index >= 15 is 0 Å². The zero-order valence-electron chi connectivity index (χ0n) is 30.4. The fourth-order valence-corrected chi connectivity index (χ4v) is 7.59. The molecule has 5 rings (SSSR count). The predicted molar refractivity (Wildman–Crippen MR) is 187 cm³/mol. The smallest absolute Gasteiger partial charge is 0.409 e. The van der Waals surface area contributed by atoms with Crippen LogP contribution in [0.5, 0.6) is 5.75 Å². The Morgan fingerprint density at radius 2 is 1.87 bits per heavy atom. The van der Waals surface area contributed by atoms with Crippen LogP contribution in [0, 0.1) is 5.92 Å². The quantitative estimate of drug-likeness (QED) is 0.177. The van der Waals surface area contributed by atoms with Gasteiger partial charge >= 0.3 is 12.1 Å². The highest BCUT2D eigenvalue weighted by atomic mass is 35.5. The van der Waals surface area contributed by atoms with Crippen LogP contribution in [-0.2, 0) is 39.7 Å². The van der Waals surface area contributed by atoms with E-state index in [1.54, 1.807) is 51.1 Å². The van der Waals surface area contributed by atoms with Crippen LogP contribution < -0.4 is 15.0 Å². The van der Waals surface area contributed by atoms with Gasteiger partial charge in [0.15, 0.2) is 12.0 Å². The third kappa shape index (κ3) is 8.21. The number of aliphatic hydroxyl groups excluding tert-OH is 4. The molecule has 294 valence electrons. The molecule has 53 heavy (non-hydrogen) atoms. The molecule has 1 aromatic carbocycles. The molecule has 3 saturated heterocycles. The number of hydrogen-bond donors (Lipinski definition) is 6. The van der Waals surface area contributed by atoms with Crippen molar-refractivity contribution in [1.29, 1.82) is 0 Å². The van der Waals surface area contributed by atoms with Gasteiger partial charge in [-0.15, -0.1) is 0 Å². The Bertz CT molecular complexity index is 1610. The van der Waals surface area contributed by atoms with Gasteiger partial charge in [0.25, 0.3) is 0 Å². The first-order valence-corrected chi connectivity index (χ1v) is 17.8. The number of alkyl carbamates (subject to hydrolysis) is 1. The summed E-state index contributed by atoms with van der Waals surface area (Å²) >= 11 is 6.87. The van der Waals surface area contributed by atoms with Gasteiger partial charge in [-0.05, 0) is 38.0 Å². The van der Waals surface area contributed by atoms with Gasteiger partial charge in [0, 0.05) is 25.9 Å². The summed E-state index contributed by atoms with van der Waals surface area (Å²) in [4.78, 5) is 41.4. The van der Waals surface area contributed by atoms with E-state index < -0.39 is 103 Å². The second kappa shape index (κ2) is 16.2. The Morgan fingerprint density at radius 1 is 1.15 bits per heavy atom. The lowest BCUT2D eigenvalue weighted by atomic mass is 9.83. The summed E-state index contributed by atoms with van der Waals surface area (Å²) in [7, 11) is 2.77. The number of allylic oxidation sites excluding steroid dienone is 3. The molecule has 12 atom stereocenters. The van der Waals surface area contributed by atoms with Crippen LogP contribution in [0.2, 0.25) is 5.02 Å². The summed E-state index contributed by atoms with van der Waals surface area (Å²) in [6.45, 7) is 6.02. The number of benzene rings is 1. The number of nitrogens with zero attached hydrogens (tertiary/aromatic N) is 1. The Labute approximate surface area is 312 Å². The zero-order chi connectivity index (χ0) is 39.0. The van der Waals surface area contributed by atoms with E-state index in [4.69, 9.17) is 40.0 Å². The molecule has 6 N–H and O–H groups in total. The second-order valence-electron chi connectivity index (χ2n) is 14.2. The fraction of sp³-hybridized carbons (Fsp3) is 0.639. The highest BCUT2D eigenvalue weighted by molar-refractivity contribution is 6.35. The number of ether oxygens (including phenoxy) is 6. The molecule has 1 unspecified atom stereocenters.